The van der Waals surface area contributed by atoms with Gasteiger partial charge >= 0.3 is 15.2 Å². The smallest absolute Gasteiger partial charge is 0.359 e. The number of rotatable bonds is 14. The molecule has 2 aliphatic rings. The van der Waals surface area contributed by atoms with E-state index in [1.807, 2.05) is 0 Å². The van der Waals surface area contributed by atoms with Gasteiger partial charge in [0.1, 0.15) is 24.6 Å². The van der Waals surface area contributed by atoms with Gasteiger partial charge < -0.3 is 32.7 Å². The molecule has 2 rings (SSSR count). The van der Waals surface area contributed by atoms with Crippen LogP contribution in [0, 0.1) is 0 Å². The van der Waals surface area contributed by atoms with Crippen molar-refractivity contribution < 1.29 is 63.2 Å². The normalized spacial score (nSPS) is 28.1. The lowest BCUT2D eigenvalue weighted by Gasteiger charge is -2.27. The highest BCUT2D eigenvalue weighted by Gasteiger charge is 2.49. The van der Waals surface area contributed by atoms with Gasteiger partial charge in [0.15, 0.2) is 11.7 Å². The summed E-state index contributed by atoms with van der Waals surface area (Å²) < 4.78 is 111. The van der Waals surface area contributed by atoms with Crippen molar-refractivity contribution in [2.45, 2.75) is 129 Å². The lowest BCUT2D eigenvalue weighted by Crippen LogP contribution is -2.25. The molecule has 6 atom stereocenters. The van der Waals surface area contributed by atoms with E-state index >= 15 is 0 Å². The molecular weight excluding hydrogens is 600 g/mol. The molecule has 0 aliphatic carbocycles. The zero-order chi connectivity index (χ0) is 31.1. The van der Waals surface area contributed by atoms with Crippen LogP contribution in [0.25, 0.3) is 0 Å². The van der Waals surface area contributed by atoms with Gasteiger partial charge in [-0.15, -0.1) is 0 Å². The van der Waals surface area contributed by atoms with Crippen LogP contribution < -0.4 is 0 Å². The van der Waals surface area contributed by atoms with E-state index in [0.717, 1.165) is 6.26 Å². The number of halogens is 2. The van der Waals surface area contributed by atoms with Crippen molar-refractivity contribution in [1.82, 2.24) is 0 Å². The quantitative estimate of drug-likeness (QED) is 0.201. The molecule has 0 saturated carbocycles. The van der Waals surface area contributed by atoms with Crippen molar-refractivity contribution in [2.75, 3.05) is 19.5 Å². The van der Waals surface area contributed by atoms with Crippen LogP contribution in [0.15, 0.2) is 0 Å². The summed E-state index contributed by atoms with van der Waals surface area (Å²) >= 11 is 0. The number of aliphatic hydroxyl groups excluding tert-OH is 1. The summed E-state index contributed by atoms with van der Waals surface area (Å²) in [5.41, 5.74) is 0. The molecule has 17 heteroatoms. The van der Waals surface area contributed by atoms with Crippen molar-refractivity contribution in [3.63, 3.8) is 0 Å². The Hall–Kier alpha value is -0.0500. The van der Waals surface area contributed by atoms with E-state index in [-0.39, 0.29) is 25.0 Å². The van der Waals surface area contributed by atoms with Gasteiger partial charge in [-0.1, -0.05) is 0 Å². The van der Waals surface area contributed by atoms with E-state index < -0.39 is 87.0 Å². The van der Waals surface area contributed by atoms with E-state index in [0.29, 0.717) is 0 Å². The number of hydrogen-bond acceptors (Lipinski definition) is 12. The second-order valence-electron chi connectivity index (χ2n) is 10.6. The average Bonchev–Trinajstić information content (AvgIpc) is 3.33. The summed E-state index contributed by atoms with van der Waals surface area (Å²) in [6.45, 7) is 12.7. The molecule has 40 heavy (non-hydrogen) atoms. The Morgan fingerprint density at radius 2 is 1.07 bits per heavy atom. The van der Waals surface area contributed by atoms with Crippen molar-refractivity contribution in [3.8, 4) is 0 Å². The maximum atomic E-state index is 14.0. The molecule has 2 heterocycles. The standard InChI is InChI=1S/C12H24FO7PS.C11H22FO5P/c1-8(2)19-21(14,20-9(3)4)12-6-10(13)11(18-12)7-17-22(5,15)16;1-7(2)16-18(14,17-8(3)4)11-5-9(12)10(6-13)15-11/h8-12H,6-7H2,1-5H3;7-11,13H,5-6H2,1-4H3/t10-,11+,12-;9-,10+,11-/m00/s1. The van der Waals surface area contributed by atoms with Gasteiger partial charge in [-0.05, 0) is 55.4 Å². The van der Waals surface area contributed by atoms with E-state index in [4.69, 9.17) is 32.7 Å². The van der Waals surface area contributed by atoms with E-state index in [2.05, 4.69) is 4.18 Å². The summed E-state index contributed by atoms with van der Waals surface area (Å²) in [4.78, 5) is 0. The van der Waals surface area contributed by atoms with Crippen molar-refractivity contribution in [2.24, 2.45) is 0 Å². The van der Waals surface area contributed by atoms with Crippen LogP contribution in [-0.4, -0.2) is 93.7 Å². The van der Waals surface area contributed by atoms with Gasteiger partial charge in [0, 0.05) is 12.8 Å². The molecule has 0 spiro atoms. The summed E-state index contributed by atoms with van der Waals surface area (Å²) in [7, 11) is -10.9. The highest BCUT2D eigenvalue weighted by molar-refractivity contribution is 7.86. The zero-order valence-electron chi connectivity index (χ0n) is 24.6. The third kappa shape index (κ3) is 12.7. The average molecular weight is 647 g/mol. The Morgan fingerprint density at radius 3 is 1.35 bits per heavy atom. The minimum atomic E-state index is -3.70. The molecule has 0 radical (unpaired) electrons. The summed E-state index contributed by atoms with van der Waals surface area (Å²) in [6.07, 6.45) is -5.76. The number of alkyl halides is 2. The molecule has 0 amide bonds. The predicted octanol–water partition coefficient (Wildman–Crippen LogP) is 4.93. The first-order valence-corrected chi connectivity index (χ1v) is 18.2. The first kappa shape index (κ1) is 38.0. The van der Waals surface area contributed by atoms with Crippen LogP contribution in [-0.2, 0) is 51.0 Å². The van der Waals surface area contributed by atoms with E-state index in [9.17, 15) is 26.3 Å². The second-order valence-corrected chi connectivity index (χ2v) is 16.4. The lowest BCUT2D eigenvalue weighted by atomic mass is 10.2. The van der Waals surface area contributed by atoms with Gasteiger partial charge in [0.2, 0.25) is 0 Å². The van der Waals surface area contributed by atoms with Crippen LogP contribution in [0.3, 0.4) is 0 Å². The highest BCUT2D eigenvalue weighted by atomic mass is 32.2. The van der Waals surface area contributed by atoms with Crippen LogP contribution in [0.2, 0.25) is 0 Å². The number of ether oxygens (including phenoxy) is 2. The van der Waals surface area contributed by atoms with Crippen LogP contribution in [0.1, 0.15) is 68.2 Å². The fourth-order valence-corrected chi connectivity index (χ4v) is 8.67. The van der Waals surface area contributed by atoms with Gasteiger partial charge in [0.05, 0.1) is 43.9 Å². The second kappa shape index (κ2) is 16.1. The van der Waals surface area contributed by atoms with Gasteiger partial charge in [-0.25, -0.2) is 8.78 Å². The molecule has 0 aromatic rings. The molecule has 1 N–H and O–H groups in total. The molecule has 0 aromatic heterocycles. The van der Waals surface area contributed by atoms with Gasteiger partial charge in [-0.2, -0.15) is 8.42 Å². The van der Waals surface area contributed by atoms with Crippen molar-refractivity contribution >= 4 is 25.3 Å². The van der Waals surface area contributed by atoms with Crippen molar-refractivity contribution in [1.29, 1.82) is 0 Å². The maximum Gasteiger partial charge on any atom is 0.359 e. The molecule has 0 aromatic carbocycles. The molecule has 2 fully saturated rings. The predicted molar refractivity (Wildman–Crippen MR) is 144 cm³/mol. The fraction of sp³-hybridized carbons (Fsp3) is 1.00. The Kier molecular flexibility index (Phi) is 15.3. The lowest BCUT2D eigenvalue weighted by molar-refractivity contribution is 0.00303. The summed E-state index contributed by atoms with van der Waals surface area (Å²) in [5.74, 6) is -2.03. The van der Waals surface area contributed by atoms with Crippen molar-refractivity contribution in [3.05, 3.63) is 0 Å². The van der Waals surface area contributed by atoms with Gasteiger partial charge in [0.25, 0.3) is 10.1 Å². The first-order chi connectivity index (χ1) is 18.2. The summed E-state index contributed by atoms with van der Waals surface area (Å²) in [6, 6.07) is 0. The SMILES string of the molecule is CC(C)OP(=O)(OC(C)C)[C@H]1C[C@H](F)[C@@H](CO)O1.CC(C)OP(=O)(OC(C)C)[C@H]1C[C@H](F)[C@@H](COS(C)(=O)=O)O1. The zero-order valence-corrected chi connectivity index (χ0v) is 27.2. The number of aliphatic hydroxyl groups is 1. The van der Waals surface area contributed by atoms with E-state index in [1.54, 1.807) is 55.4 Å². The minimum Gasteiger partial charge on any atom is -0.394 e. The first-order valence-electron chi connectivity index (χ1n) is 13.2. The molecule has 2 saturated heterocycles. The van der Waals surface area contributed by atoms with E-state index in [1.165, 1.54) is 0 Å². The molecular formula is C23H46F2O12P2S. The Labute approximate surface area is 236 Å². The third-order valence-corrected chi connectivity index (χ3v) is 10.6. The molecule has 0 unspecified atom stereocenters. The fourth-order valence-electron chi connectivity index (χ4n) is 3.77. The minimum absolute atomic E-state index is 0.0814. The summed E-state index contributed by atoms with van der Waals surface area (Å²) in [5, 5.41) is 8.95. The van der Waals surface area contributed by atoms with Crippen LogP contribution in [0.5, 0.6) is 0 Å². The monoisotopic (exact) mass is 646 g/mol. The van der Waals surface area contributed by atoms with Crippen LogP contribution in [0.4, 0.5) is 8.78 Å². The van der Waals surface area contributed by atoms with Crippen LogP contribution >= 0.6 is 15.2 Å². The third-order valence-electron chi connectivity index (χ3n) is 5.09. The highest BCUT2D eigenvalue weighted by Crippen LogP contribution is 2.60. The topological polar surface area (TPSA) is 153 Å². The van der Waals surface area contributed by atoms with Gasteiger partial charge in [-0.3, -0.25) is 13.3 Å². The largest absolute Gasteiger partial charge is 0.394 e. The Morgan fingerprint density at radius 1 is 0.750 bits per heavy atom. The molecule has 240 valence electrons. The Balaban J connectivity index is 0.000000408. The molecule has 2 aliphatic heterocycles. The Bertz CT molecular complexity index is 938. The maximum absolute atomic E-state index is 14.0. The molecule has 12 nitrogen and oxygen atoms in total. The molecule has 0 bridgehead atoms. The number of hydrogen-bond donors (Lipinski definition) is 1.